The number of rotatable bonds is 5. The van der Waals surface area contributed by atoms with Crippen LogP contribution in [-0.2, 0) is 7.05 Å². The number of benzene rings is 2. The lowest BCUT2D eigenvalue weighted by atomic mass is 10.0. The van der Waals surface area contributed by atoms with Crippen molar-refractivity contribution in [3.05, 3.63) is 81.2 Å². The van der Waals surface area contributed by atoms with E-state index < -0.39 is 17.3 Å². The number of carbonyl (C=O) groups is 1. The molecule has 4 rings (SSSR count). The number of nitrogens with zero attached hydrogens (tertiary/aromatic N) is 3. The summed E-state index contributed by atoms with van der Waals surface area (Å²) in [5, 5.41) is 6.55. The van der Waals surface area contributed by atoms with Crippen molar-refractivity contribution in [2.24, 2.45) is 7.05 Å². The van der Waals surface area contributed by atoms with Gasteiger partial charge in [0, 0.05) is 18.2 Å². The zero-order valence-electron chi connectivity index (χ0n) is 18.9. The first-order valence-corrected chi connectivity index (χ1v) is 10.2. The molecule has 0 aliphatic heterocycles. The van der Waals surface area contributed by atoms with E-state index in [9.17, 15) is 14.0 Å². The van der Waals surface area contributed by atoms with E-state index in [-0.39, 0.29) is 17.1 Å². The molecule has 0 radical (unpaired) electrons. The SMILES string of the molecule is COc1ccc(-c2onc(C(=O)Nc3c(C)n(C)n(-c4ccccc4F)c3=O)c2C)cc1C. The van der Waals surface area contributed by atoms with Gasteiger partial charge in [-0.1, -0.05) is 17.3 Å². The summed E-state index contributed by atoms with van der Waals surface area (Å²) < 4.78 is 27.7. The van der Waals surface area contributed by atoms with Crippen LogP contribution < -0.4 is 15.6 Å². The van der Waals surface area contributed by atoms with Gasteiger partial charge in [-0.3, -0.25) is 14.3 Å². The lowest BCUT2D eigenvalue weighted by molar-refractivity contribution is 0.101. The van der Waals surface area contributed by atoms with Crippen molar-refractivity contribution in [1.82, 2.24) is 14.5 Å². The topological polar surface area (TPSA) is 91.3 Å². The Morgan fingerprint density at radius 3 is 2.55 bits per heavy atom. The number of anilines is 1. The molecule has 0 spiro atoms. The summed E-state index contributed by atoms with van der Waals surface area (Å²) in [4.78, 5) is 26.0. The highest BCUT2D eigenvalue weighted by molar-refractivity contribution is 6.04. The molecule has 0 atom stereocenters. The molecule has 33 heavy (non-hydrogen) atoms. The Morgan fingerprint density at radius 2 is 1.88 bits per heavy atom. The van der Waals surface area contributed by atoms with E-state index in [1.807, 2.05) is 25.1 Å². The Labute approximate surface area is 189 Å². The maximum Gasteiger partial charge on any atom is 0.295 e. The number of aryl methyl sites for hydroxylation is 1. The second-order valence-corrected chi connectivity index (χ2v) is 7.68. The average Bonchev–Trinajstić information content (AvgIpc) is 3.27. The zero-order valence-corrected chi connectivity index (χ0v) is 18.9. The van der Waals surface area contributed by atoms with Crippen LogP contribution >= 0.6 is 0 Å². The van der Waals surface area contributed by atoms with Crippen LogP contribution in [0.5, 0.6) is 5.75 Å². The van der Waals surface area contributed by atoms with E-state index >= 15 is 0 Å². The predicted octanol–water partition coefficient (Wildman–Crippen LogP) is 4.16. The van der Waals surface area contributed by atoms with Gasteiger partial charge in [0.05, 0.1) is 12.8 Å². The lowest BCUT2D eigenvalue weighted by Gasteiger charge is -2.08. The fraction of sp³-hybridized carbons (Fsp3) is 0.208. The molecule has 0 saturated heterocycles. The fourth-order valence-corrected chi connectivity index (χ4v) is 3.76. The third-order valence-electron chi connectivity index (χ3n) is 5.67. The van der Waals surface area contributed by atoms with Crippen LogP contribution in [0.4, 0.5) is 10.1 Å². The van der Waals surface area contributed by atoms with Crippen LogP contribution in [0, 0.1) is 26.6 Å². The molecule has 2 aromatic carbocycles. The van der Waals surface area contributed by atoms with Crippen molar-refractivity contribution in [2.75, 3.05) is 12.4 Å². The Hall–Kier alpha value is -4.14. The first kappa shape index (κ1) is 22.1. The predicted molar refractivity (Wildman–Crippen MR) is 122 cm³/mol. The highest BCUT2D eigenvalue weighted by Crippen LogP contribution is 2.30. The summed E-state index contributed by atoms with van der Waals surface area (Å²) >= 11 is 0. The largest absolute Gasteiger partial charge is 0.496 e. The smallest absolute Gasteiger partial charge is 0.295 e. The summed E-state index contributed by atoms with van der Waals surface area (Å²) in [6.45, 7) is 5.28. The molecule has 0 saturated carbocycles. The van der Waals surface area contributed by atoms with E-state index in [2.05, 4.69) is 10.5 Å². The number of hydrogen-bond acceptors (Lipinski definition) is 5. The van der Waals surface area contributed by atoms with Gasteiger partial charge < -0.3 is 14.6 Å². The van der Waals surface area contributed by atoms with Crippen LogP contribution in [0.2, 0.25) is 0 Å². The minimum absolute atomic E-state index is 0.0370. The molecule has 0 unspecified atom stereocenters. The van der Waals surface area contributed by atoms with Gasteiger partial charge >= 0.3 is 0 Å². The molecule has 0 aliphatic carbocycles. The number of halogens is 1. The van der Waals surface area contributed by atoms with Crippen molar-refractivity contribution in [2.45, 2.75) is 20.8 Å². The van der Waals surface area contributed by atoms with Gasteiger partial charge in [0.1, 0.15) is 22.9 Å². The third kappa shape index (κ3) is 3.71. The number of hydrogen-bond donors (Lipinski definition) is 1. The Kier molecular flexibility index (Phi) is 5.63. The number of para-hydroxylation sites is 1. The highest BCUT2D eigenvalue weighted by atomic mass is 19.1. The summed E-state index contributed by atoms with van der Waals surface area (Å²) in [5.41, 5.74) is 2.27. The van der Waals surface area contributed by atoms with E-state index in [1.54, 1.807) is 34.1 Å². The molecule has 1 amide bonds. The van der Waals surface area contributed by atoms with Crippen LogP contribution in [0.3, 0.4) is 0 Å². The Balaban J connectivity index is 1.68. The molecule has 8 nitrogen and oxygen atoms in total. The molecule has 170 valence electrons. The van der Waals surface area contributed by atoms with Gasteiger partial charge in [0.25, 0.3) is 11.5 Å². The minimum Gasteiger partial charge on any atom is -0.496 e. The average molecular weight is 450 g/mol. The first-order chi connectivity index (χ1) is 15.7. The van der Waals surface area contributed by atoms with Crippen LogP contribution in [0.25, 0.3) is 17.0 Å². The maximum atomic E-state index is 14.3. The summed E-state index contributed by atoms with van der Waals surface area (Å²) in [6.07, 6.45) is 0. The van der Waals surface area contributed by atoms with Crippen LogP contribution in [0.1, 0.15) is 27.3 Å². The summed E-state index contributed by atoms with van der Waals surface area (Å²) in [7, 11) is 3.21. The highest BCUT2D eigenvalue weighted by Gasteiger charge is 2.24. The van der Waals surface area contributed by atoms with E-state index in [0.717, 1.165) is 16.9 Å². The number of nitrogens with one attached hydrogen (secondary N) is 1. The lowest BCUT2D eigenvalue weighted by Crippen LogP contribution is -2.24. The fourth-order valence-electron chi connectivity index (χ4n) is 3.76. The number of ether oxygens (including phenoxy) is 1. The molecule has 9 heteroatoms. The molecule has 2 heterocycles. The Morgan fingerprint density at radius 1 is 1.15 bits per heavy atom. The van der Waals surface area contributed by atoms with Crippen LogP contribution in [-0.4, -0.2) is 27.5 Å². The molecule has 0 bridgehead atoms. The summed E-state index contributed by atoms with van der Waals surface area (Å²) in [6, 6.07) is 11.4. The van der Waals surface area contributed by atoms with Crippen molar-refractivity contribution in [3.63, 3.8) is 0 Å². The van der Waals surface area contributed by atoms with Gasteiger partial charge in [-0.15, -0.1) is 0 Å². The quantitative estimate of drug-likeness (QED) is 0.493. The third-order valence-corrected chi connectivity index (χ3v) is 5.67. The van der Waals surface area contributed by atoms with E-state index in [4.69, 9.17) is 9.26 Å². The van der Waals surface area contributed by atoms with Gasteiger partial charge in [0.2, 0.25) is 0 Å². The van der Waals surface area contributed by atoms with E-state index in [0.29, 0.717) is 17.0 Å². The van der Waals surface area contributed by atoms with Gasteiger partial charge in [-0.05, 0) is 56.7 Å². The van der Waals surface area contributed by atoms with Gasteiger partial charge in [-0.2, -0.15) is 0 Å². The van der Waals surface area contributed by atoms with Gasteiger partial charge in [-0.25, -0.2) is 9.07 Å². The minimum atomic E-state index is -0.598. The summed E-state index contributed by atoms with van der Waals surface area (Å²) in [5.74, 6) is 0.0306. The van der Waals surface area contributed by atoms with Crippen molar-refractivity contribution >= 4 is 11.6 Å². The number of amides is 1. The van der Waals surface area contributed by atoms with Crippen molar-refractivity contribution in [1.29, 1.82) is 0 Å². The normalized spacial score (nSPS) is 11.0. The second-order valence-electron chi connectivity index (χ2n) is 7.68. The van der Waals surface area contributed by atoms with Crippen molar-refractivity contribution in [3.8, 4) is 22.8 Å². The molecular formula is C24H23FN4O4. The van der Waals surface area contributed by atoms with Crippen LogP contribution in [0.15, 0.2) is 51.8 Å². The number of carbonyl (C=O) groups excluding carboxylic acids is 1. The second kappa shape index (κ2) is 8.42. The molecule has 1 N–H and O–H groups in total. The van der Waals surface area contributed by atoms with E-state index in [1.165, 1.54) is 27.6 Å². The zero-order chi connectivity index (χ0) is 23.9. The van der Waals surface area contributed by atoms with Gasteiger partial charge in [0.15, 0.2) is 11.5 Å². The molecule has 0 fully saturated rings. The standard InChI is InChI=1S/C24H23FN4O4/c1-13-12-16(10-11-19(13)32-5)22-14(2)20(27-33-22)23(30)26-21-15(3)28(4)29(24(21)31)18-9-7-6-8-17(18)25/h6-12H,1-5H3,(H,26,30). The van der Waals surface area contributed by atoms with Crippen molar-refractivity contribution < 1.29 is 18.4 Å². The molecule has 2 aromatic heterocycles. The first-order valence-electron chi connectivity index (χ1n) is 10.2. The number of methoxy groups -OCH3 is 1. The Bertz CT molecular complexity index is 1430. The molecule has 4 aromatic rings. The monoisotopic (exact) mass is 450 g/mol. The molecular weight excluding hydrogens is 427 g/mol. The molecule has 0 aliphatic rings. The number of aromatic nitrogens is 3. The maximum absolute atomic E-state index is 14.3.